The molecule has 6 nitrogen and oxygen atoms in total. The molecule has 36 heavy (non-hydrogen) atoms. The molecule has 3 aromatic carbocycles. The zero-order valence-electron chi connectivity index (χ0n) is 18.9. The molecule has 1 atom stereocenters. The van der Waals surface area contributed by atoms with Gasteiger partial charge in [0, 0.05) is 23.6 Å². The summed E-state index contributed by atoms with van der Waals surface area (Å²) < 4.78 is 56.9. The molecule has 4 aromatic rings. The Kier molecular flexibility index (Phi) is 6.84. The number of benzene rings is 3. The predicted octanol–water partition coefficient (Wildman–Crippen LogP) is 6.79. The molecule has 0 fully saturated rings. The van der Waals surface area contributed by atoms with Gasteiger partial charge in [-0.05, 0) is 29.8 Å². The van der Waals surface area contributed by atoms with E-state index in [0.29, 0.717) is 60.1 Å². The number of fused-ring (bicyclic) bond motifs is 2. The summed E-state index contributed by atoms with van der Waals surface area (Å²) >= 11 is 5.86. The highest BCUT2D eigenvalue weighted by molar-refractivity contribution is 6.31. The van der Waals surface area contributed by atoms with Crippen molar-refractivity contribution in [1.82, 2.24) is 9.97 Å². The third kappa shape index (κ3) is 5.47. The first kappa shape index (κ1) is 24.1. The molecule has 1 aliphatic heterocycles. The lowest BCUT2D eigenvalue weighted by Crippen LogP contribution is -2.30. The van der Waals surface area contributed by atoms with Gasteiger partial charge in [0.25, 0.3) is 0 Å². The molecular weight excluding hydrogens is 495 g/mol. The first-order chi connectivity index (χ1) is 17.4. The zero-order valence-corrected chi connectivity index (χ0v) is 19.6. The molecule has 186 valence electrons. The molecule has 1 aromatic heterocycles. The van der Waals surface area contributed by atoms with Crippen molar-refractivity contribution in [2.75, 3.05) is 18.5 Å². The first-order valence-electron chi connectivity index (χ1n) is 11.2. The smallest absolute Gasteiger partial charge is 0.417 e. The average Bonchev–Trinajstić information content (AvgIpc) is 2.86. The highest BCUT2D eigenvalue weighted by atomic mass is 35.5. The van der Waals surface area contributed by atoms with Gasteiger partial charge in [0.1, 0.15) is 24.9 Å². The molecule has 2 heterocycles. The number of hydrogen-bond donors (Lipinski definition) is 1. The maximum absolute atomic E-state index is 13.0. The van der Waals surface area contributed by atoms with Crippen LogP contribution in [0.4, 0.5) is 24.7 Å². The molecule has 0 aliphatic carbocycles. The van der Waals surface area contributed by atoms with E-state index in [1.54, 1.807) is 12.1 Å². The largest absolute Gasteiger partial charge is 0.486 e. The number of nitrogens with one attached hydrogen (secondary N) is 1. The molecule has 1 N–H and O–H groups in total. The van der Waals surface area contributed by atoms with Crippen LogP contribution >= 0.6 is 11.6 Å². The Morgan fingerprint density at radius 3 is 2.64 bits per heavy atom. The minimum absolute atomic E-state index is 0.194. The van der Waals surface area contributed by atoms with E-state index in [0.717, 1.165) is 11.6 Å². The zero-order chi connectivity index (χ0) is 25.1. The number of ether oxygens (including phenoxy) is 3. The van der Waals surface area contributed by atoms with Gasteiger partial charge in [-0.3, -0.25) is 0 Å². The second-order valence-electron chi connectivity index (χ2n) is 8.23. The normalized spacial score (nSPS) is 15.2. The molecule has 0 amide bonds. The summed E-state index contributed by atoms with van der Waals surface area (Å²) in [4.78, 5) is 8.54. The van der Waals surface area contributed by atoms with E-state index in [1.807, 2.05) is 30.3 Å². The molecule has 0 radical (unpaired) electrons. The molecule has 1 aliphatic rings. The number of halogens is 4. The van der Waals surface area contributed by atoms with Crippen molar-refractivity contribution in [3.05, 3.63) is 83.1 Å². The second kappa shape index (κ2) is 10.2. The summed E-state index contributed by atoms with van der Waals surface area (Å²) in [5, 5.41) is 3.24. The minimum atomic E-state index is -4.53. The molecule has 5 rings (SSSR count). The maximum Gasteiger partial charge on any atom is 0.417 e. The Bertz CT molecular complexity index is 1370. The van der Waals surface area contributed by atoms with Gasteiger partial charge in [-0.15, -0.1) is 0 Å². The van der Waals surface area contributed by atoms with E-state index in [2.05, 4.69) is 15.3 Å². The third-order valence-electron chi connectivity index (χ3n) is 5.65. The summed E-state index contributed by atoms with van der Waals surface area (Å²) in [6, 6.07) is 16.9. The van der Waals surface area contributed by atoms with Crippen molar-refractivity contribution in [3.63, 3.8) is 0 Å². The van der Waals surface area contributed by atoms with Crippen molar-refractivity contribution in [3.8, 4) is 11.5 Å². The van der Waals surface area contributed by atoms with Crippen molar-refractivity contribution in [2.45, 2.75) is 25.3 Å². The van der Waals surface area contributed by atoms with E-state index in [1.165, 1.54) is 18.5 Å². The summed E-state index contributed by atoms with van der Waals surface area (Å²) in [6.45, 7) is 1.42. The summed E-state index contributed by atoms with van der Waals surface area (Å²) in [5.74, 6) is 1.49. The molecule has 0 saturated carbocycles. The van der Waals surface area contributed by atoms with Gasteiger partial charge in [0.15, 0.2) is 11.5 Å². The number of aromatic nitrogens is 2. The lowest BCUT2D eigenvalue weighted by Gasteiger charge is -2.27. The minimum Gasteiger partial charge on any atom is -0.486 e. The van der Waals surface area contributed by atoms with Crippen LogP contribution in [0.3, 0.4) is 0 Å². The topological polar surface area (TPSA) is 65.5 Å². The van der Waals surface area contributed by atoms with Gasteiger partial charge < -0.3 is 19.5 Å². The van der Waals surface area contributed by atoms with Crippen LogP contribution in [0.1, 0.15) is 17.5 Å². The van der Waals surface area contributed by atoms with E-state index < -0.39 is 16.8 Å². The fraction of sp³-hybridized carbons (Fsp3) is 0.231. The van der Waals surface area contributed by atoms with Gasteiger partial charge in [-0.25, -0.2) is 9.97 Å². The van der Waals surface area contributed by atoms with Crippen LogP contribution in [0.25, 0.3) is 10.9 Å². The fourth-order valence-electron chi connectivity index (χ4n) is 3.85. The Morgan fingerprint density at radius 2 is 1.86 bits per heavy atom. The van der Waals surface area contributed by atoms with Gasteiger partial charge in [0.2, 0.25) is 0 Å². The Hall–Kier alpha value is -3.56. The van der Waals surface area contributed by atoms with Crippen LogP contribution in [-0.4, -0.2) is 29.3 Å². The van der Waals surface area contributed by atoms with Crippen molar-refractivity contribution in [2.24, 2.45) is 0 Å². The first-order valence-corrected chi connectivity index (χ1v) is 11.6. The third-order valence-corrected chi connectivity index (χ3v) is 5.96. The number of alkyl halides is 3. The molecule has 1 unspecified atom stereocenters. The van der Waals surface area contributed by atoms with E-state index >= 15 is 0 Å². The SMILES string of the molecule is FC(F)(F)c1ccc(Nc2ncnc3cc4c(cc23)OC(CCOCc2ccccc2)CO4)cc1Cl. The Labute approximate surface area is 210 Å². The summed E-state index contributed by atoms with van der Waals surface area (Å²) in [7, 11) is 0. The Morgan fingerprint density at radius 1 is 1.03 bits per heavy atom. The number of hydrogen-bond acceptors (Lipinski definition) is 6. The average molecular weight is 516 g/mol. The van der Waals surface area contributed by atoms with Crippen LogP contribution in [0, 0.1) is 0 Å². The molecule has 0 saturated heterocycles. The quantitative estimate of drug-likeness (QED) is 0.273. The monoisotopic (exact) mass is 515 g/mol. The number of rotatable bonds is 7. The van der Waals surface area contributed by atoms with Gasteiger partial charge in [0.05, 0.1) is 29.3 Å². The van der Waals surface area contributed by atoms with Gasteiger partial charge >= 0.3 is 6.18 Å². The van der Waals surface area contributed by atoms with Crippen LogP contribution in [-0.2, 0) is 17.5 Å². The summed E-state index contributed by atoms with van der Waals surface area (Å²) in [5.41, 5.74) is 1.15. The lowest BCUT2D eigenvalue weighted by atomic mass is 10.1. The molecule has 0 bridgehead atoms. The van der Waals surface area contributed by atoms with Gasteiger partial charge in [-0.1, -0.05) is 41.9 Å². The Balaban J connectivity index is 1.29. The fourth-order valence-corrected chi connectivity index (χ4v) is 4.13. The van der Waals surface area contributed by atoms with E-state index in [-0.39, 0.29) is 6.10 Å². The molecular formula is C26H21ClF3N3O3. The van der Waals surface area contributed by atoms with Crippen LogP contribution < -0.4 is 14.8 Å². The highest BCUT2D eigenvalue weighted by Gasteiger charge is 2.33. The van der Waals surface area contributed by atoms with E-state index in [9.17, 15) is 13.2 Å². The van der Waals surface area contributed by atoms with Crippen LogP contribution in [0.2, 0.25) is 5.02 Å². The van der Waals surface area contributed by atoms with E-state index in [4.69, 9.17) is 25.8 Å². The van der Waals surface area contributed by atoms with Gasteiger partial charge in [-0.2, -0.15) is 13.2 Å². The molecule has 0 spiro atoms. The highest BCUT2D eigenvalue weighted by Crippen LogP contribution is 2.39. The standard InChI is InChI=1S/C26H21ClF3N3O3/c27-21-10-17(6-7-20(21)26(28,29)30)33-25-19-11-24-23(12-22(19)31-15-32-25)35-14-18(36-24)8-9-34-13-16-4-2-1-3-5-16/h1-7,10-12,15,18H,8-9,13-14H2,(H,31,32,33). The van der Waals surface area contributed by atoms with Crippen LogP contribution in [0.5, 0.6) is 11.5 Å². The lowest BCUT2D eigenvalue weighted by molar-refractivity contribution is -0.137. The number of anilines is 2. The van der Waals surface area contributed by atoms with Crippen molar-refractivity contribution in [1.29, 1.82) is 0 Å². The van der Waals surface area contributed by atoms with Crippen LogP contribution in [0.15, 0.2) is 67.0 Å². The maximum atomic E-state index is 13.0. The van der Waals surface area contributed by atoms with Crippen molar-refractivity contribution < 1.29 is 27.4 Å². The number of nitrogens with zero attached hydrogens (tertiary/aromatic N) is 2. The van der Waals surface area contributed by atoms with Crippen molar-refractivity contribution >= 4 is 34.0 Å². The predicted molar refractivity (Wildman–Crippen MR) is 130 cm³/mol. The molecule has 10 heteroatoms. The summed E-state index contributed by atoms with van der Waals surface area (Å²) in [6.07, 6.45) is -2.72. The second-order valence-corrected chi connectivity index (χ2v) is 8.64.